The average Bonchev–Trinajstić information content (AvgIpc) is 2.67. The van der Waals surface area contributed by atoms with E-state index >= 15 is 0 Å². The molecule has 1 fully saturated rings. The molecule has 146 valence electrons. The van der Waals surface area contributed by atoms with Crippen LogP contribution in [0.15, 0.2) is 29.2 Å². The van der Waals surface area contributed by atoms with Gasteiger partial charge < -0.3 is 14.8 Å². The summed E-state index contributed by atoms with van der Waals surface area (Å²) in [6.45, 7) is 4.48. The highest BCUT2D eigenvalue weighted by Gasteiger charge is 2.31. The first kappa shape index (κ1) is 20.6. The molecule has 2 rings (SSSR count). The molecule has 1 amide bonds. The fourth-order valence-electron chi connectivity index (χ4n) is 2.82. The van der Waals surface area contributed by atoms with E-state index in [2.05, 4.69) is 5.32 Å². The topological polar surface area (TPSA) is 88.2 Å². The number of ether oxygens (including phenoxy) is 2. The summed E-state index contributed by atoms with van der Waals surface area (Å²) >= 11 is 0. The molecule has 1 aromatic carbocycles. The van der Waals surface area contributed by atoms with Crippen LogP contribution in [0, 0.1) is 0 Å². The second-order valence-corrected chi connectivity index (χ2v) is 8.01. The molecule has 0 aromatic heterocycles. The minimum atomic E-state index is -3.54. The molecule has 1 saturated heterocycles. The molecule has 9 heteroatoms. The fourth-order valence-corrected chi connectivity index (χ4v) is 4.24. The molecule has 0 saturated carbocycles. The molecule has 0 aliphatic carbocycles. The summed E-state index contributed by atoms with van der Waals surface area (Å²) in [5.74, 6) is 0.538. The van der Waals surface area contributed by atoms with E-state index in [1.165, 1.54) is 11.4 Å². The fraction of sp³-hybridized carbons (Fsp3) is 0.588. The minimum absolute atomic E-state index is 0.0755. The van der Waals surface area contributed by atoms with E-state index in [1.807, 2.05) is 11.8 Å². The first-order valence-corrected chi connectivity index (χ1v) is 9.99. The van der Waals surface area contributed by atoms with E-state index in [9.17, 15) is 13.2 Å². The highest BCUT2D eigenvalue weighted by atomic mass is 32.2. The number of rotatable bonds is 8. The van der Waals surface area contributed by atoms with Crippen LogP contribution in [0.5, 0.6) is 5.75 Å². The molecule has 26 heavy (non-hydrogen) atoms. The molecule has 1 heterocycles. The summed E-state index contributed by atoms with van der Waals surface area (Å²) < 4.78 is 36.9. The summed E-state index contributed by atoms with van der Waals surface area (Å²) in [6, 6.07) is 6.06. The van der Waals surface area contributed by atoms with Gasteiger partial charge in [0, 0.05) is 39.8 Å². The van der Waals surface area contributed by atoms with Gasteiger partial charge in [0.15, 0.2) is 0 Å². The van der Waals surface area contributed by atoms with Crippen LogP contribution in [0.3, 0.4) is 0 Å². The molecule has 0 unspecified atom stereocenters. The highest BCUT2D eigenvalue weighted by molar-refractivity contribution is 7.89. The lowest BCUT2D eigenvalue weighted by atomic mass is 10.2. The van der Waals surface area contributed by atoms with Gasteiger partial charge in [-0.3, -0.25) is 9.69 Å². The largest absolute Gasteiger partial charge is 0.497 e. The van der Waals surface area contributed by atoms with Crippen molar-refractivity contribution in [1.29, 1.82) is 0 Å². The highest BCUT2D eigenvalue weighted by Crippen LogP contribution is 2.21. The summed E-state index contributed by atoms with van der Waals surface area (Å²) in [5, 5.41) is 2.81. The van der Waals surface area contributed by atoms with Crippen molar-refractivity contribution in [2.75, 3.05) is 53.6 Å². The Bertz CT molecular complexity index is 685. The average molecular weight is 385 g/mol. The molecule has 0 radical (unpaired) electrons. The van der Waals surface area contributed by atoms with Crippen LogP contribution in [0.4, 0.5) is 0 Å². The lowest BCUT2D eigenvalue weighted by molar-refractivity contribution is -0.126. The molecule has 8 nitrogen and oxygen atoms in total. The van der Waals surface area contributed by atoms with Gasteiger partial charge in [-0.1, -0.05) is 0 Å². The van der Waals surface area contributed by atoms with Crippen LogP contribution in [-0.4, -0.2) is 83.1 Å². The summed E-state index contributed by atoms with van der Waals surface area (Å²) in [6.07, 6.45) is 0. The Balaban J connectivity index is 1.93. The molecular formula is C17H27N3O5S. The number of amides is 1. The number of hydrogen-bond acceptors (Lipinski definition) is 6. The van der Waals surface area contributed by atoms with Crippen molar-refractivity contribution in [3.63, 3.8) is 0 Å². The van der Waals surface area contributed by atoms with Crippen LogP contribution in [0.25, 0.3) is 0 Å². The van der Waals surface area contributed by atoms with Crippen molar-refractivity contribution in [2.45, 2.75) is 17.9 Å². The quantitative estimate of drug-likeness (QED) is 0.641. The lowest BCUT2D eigenvalue weighted by Gasteiger charge is -2.36. The van der Waals surface area contributed by atoms with Crippen molar-refractivity contribution in [3.8, 4) is 5.75 Å². The number of carbonyl (C=O) groups excluding carboxylic acids is 1. The molecule has 1 aliphatic heterocycles. The predicted molar refractivity (Wildman–Crippen MR) is 97.7 cm³/mol. The van der Waals surface area contributed by atoms with Crippen LogP contribution in [0.2, 0.25) is 0 Å². The molecule has 1 aromatic rings. The van der Waals surface area contributed by atoms with E-state index in [0.29, 0.717) is 45.1 Å². The first-order valence-electron chi connectivity index (χ1n) is 8.55. The van der Waals surface area contributed by atoms with Crippen molar-refractivity contribution in [2.24, 2.45) is 0 Å². The maximum atomic E-state index is 12.7. The van der Waals surface area contributed by atoms with E-state index in [1.54, 1.807) is 31.4 Å². The van der Waals surface area contributed by atoms with Gasteiger partial charge in [0.1, 0.15) is 5.75 Å². The van der Waals surface area contributed by atoms with Gasteiger partial charge >= 0.3 is 0 Å². The van der Waals surface area contributed by atoms with E-state index in [4.69, 9.17) is 9.47 Å². The van der Waals surface area contributed by atoms with Crippen molar-refractivity contribution in [1.82, 2.24) is 14.5 Å². The number of nitrogens with zero attached hydrogens (tertiary/aromatic N) is 2. The Morgan fingerprint density at radius 1 is 1.15 bits per heavy atom. The molecule has 1 atom stereocenters. The second-order valence-electron chi connectivity index (χ2n) is 6.08. The second kappa shape index (κ2) is 9.31. The number of hydrogen-bond donors (Lipinski definition) is 1. The number of sulfonamides is 1. The number of methoxy groups -OCH3 is 2. The standard InChI is InChI=1S/C17H27N3O5S/c1-14(17(21)18-8-13-24-2)19-9-11-20(12-10-19)26(22,23)16-6-4-15(25-3)5-7-16/h4-7,14H,8-13H2,1-3H3,(H,18,21)/t14-/m1/s1. The van der Waals surface area contributed by atoms with Gasteiger partial charge in [-0.15, -0.1) is 0 Å². The lowest BCUT2D eigenvalue weighted by Crippen LogP contribution is -2.55. The maximum absolute atomic E-state index is 12.7. The summed E-state index contributed by atoms with van der Waals surface area (Å²) in [7, 11) is -0.421. The Labute approximate surface area is 155 Å². The molecule has 0 bridgehead atoms. The predicted octanol–water partition coefficient (Wildman–Crippen LogP) is 0.153. The van der Waals surface area contributed by atoms with Crippen molar-refractivity contribution >= 4 is 15.9 Å². The monoisotopic (exact) mass is 385 g/mol. The Morgan fingerprint density at radius 2 is 1.77 bits per heavy atom. The molecule has 0 spiro atoms. The van der Waals surface area contributed by atoms with Gasteiger partial charge in [-0.05, 0) is 31.2 Å². The number of carbonyl (C=O) groups is 1. The number of benzene rings is 1. The van der Waals surface area contributed by atoms with Crippen molar-refractivity contribution in [3.05, 3.63) is 24.3 Å². The summed E-state index contributed by atoms with van der Waals surface area (Å²) in [4.78, 5) is 14.4. The van der Waals surface area contributed by atoms with Crippen LogP contribution in [0.1, 0.15) is 6.92 Å². The van der Waals surface area contributed by atoms with Crippen LogP contribution < -0.4 is 10.1 Å². The van der Waals surface area contributed by atoms with Crippen LogP contribution in [-0.2, 0) is 19.6 Å². The summed E-state index contributed by atoms with van der Waals surface area (Å²) in [5.41, 5.74) is 0. The minimum Gasteiger partial charge on any atom is -0.497 e. The number of piperazine rings is 1. The smallest absolute Gasteiger partial charge is 0.243 e. The maximum Gasteiger partial charge on any atom is 0.243 e. The molecular weight excluding hydrogens is 358 g/mol. The molecule has 1 aliphatic rings. The zero-order valence-corrected chi connectivity index (χ0v) is 16.3. The Morgan fingerprint density at radius 3 is 2.31 bits per heavy atom. The van der Waals surface area contributed by atoms with Gasteiger partial charge in [0.05, 0.1) is 24.7 Å². The third-order valence-corrected chi connectivity index (χ3v) is 6.42. The third kappa shape index (κ3) is 4.94. The van der Waals surface area contributed by atoms with E-state index in [0.717, 1.165) is 0 Å². The van der Waals surface area contributed by atoms with Gasteiger partial charge in [-0.2, -0.15) is 4.31 Å². The van der Waals surface area contributed by atoms with Crippen LogP contribution >= 0.6 is 0 Å². The Kier molecular flexibility index (Phi) is 7.39. The number of nitrogens with one attached hydrogen (secondary N) is 1. The van der Waals surface area contributed by atoms with Gasteiger partial charge in [0.2, 0.25) is 15.9 Å². The molecule has 1 N–H and O–H groups in total. The van der Waals surface area contributed by atoms with Gasteiger partial charge in [0.25, 0.3) is 0 Å². The normalized spacial score (nSPS) is 17.7. The van der Waals surface area contributed by atoms with E-state index < -0.39 is 10.0 Å². The Hall–Kier alpha value is -1.68. The van der Waals surface area contributed by atoms with Crippen molar-refractivity contribution < 1.29 is 22.7 Å². The first-order chi connectivity index (χ1) is 12.4. The van der Waals surface area contributed by atoms with E-state index in [-0.39, 0.29) is 16.8 Å². The van der Waals surface area contributed by atoms with Gasteiger partial charge in [-0.25, -0.2) is 8.42 Å². The third-order valence-electron chi connectivity index (χ3n) is 4.50. The zero-order valence-electron chi connectivity index (χ0n) is 15.5. The SMILES string of the molecule is COCCNC(=O)[C@@H](C)N1CCN(S(=O)(=O)c2ccc(OC)cc2)CC1. The zero-order chi connectivity index (χ0) is 19.2.